The van der Waals surface area contributed by atoms with Crippen LogP contribution in [0.4, 0.5) is 4.79 Å². The molecule has 2 aromatic carbocycles. The molecule has 184 valence electrons. The highest BCUT2D eigenvalue weighted by Gasteiger charge is 2.44. The quantitative estimate of drug-likeness (QED) is 0.278. The largest absolute Gasteiger partial charge is 0.458 e. The van der Waals surface area contributed by atoms with Crippen molar-refractivity contribution in [3.63, 3.8) is 0 Å². The lowest BCUT2D eigenvalue weighted by atomic mass is 9.95. The molecule has 0 fully saturated rings. The number of nitrogens with one attached hydrogen (secondary N) is 1. The second-order valence-electron chi connectivity index (χ2n) is 8.94. The Morgan fingerprint density at radius 3 is 2.12 bits per heavy atom. The normalized spacial score (nSPS) is 12.9. The number of benzene rings is 2. The Labute approximate surface area is 205 Å². The molecular weight excluding hydrogens is 452 g/mol. The first kappa shape index (κ1) is 27.4. The molecule has 0 heterocycles. The monoisotopic (exact) mass is 486 g/mol. The van der Waals surface area contributed by atoms with E-state index in [2.05, 4.69) is 5.32 Å². The summed E-state index contributed by atoms with van der Waals surface area (Å²) < 4.78 is 10.6. The molecule has 34 heavy (non-hydrogen) atoms. The first-order chi connectivity index (χ1) is 16.1. The summed E-state index contributed by atoms with van der Waals surface area (Å²) in [6.45, 7) is 5.53. The van der Waals surface area contributed by atoms with E-state index in [-0.39, 0.29) is 19.6 Å². The van der Waals surface area contributed by atoms with Crippen LogP contribution in [0.15, 0.2) is 60.7 Å². The van der Waals surface area contributed by atoms with Crippen LogP contribution >= 0.6 is 11.8 Å². The van der Waals surface area contributed by atoms with Crippen molar-refractivity contribution < 1.29 is 23.9 Å². The van der Waals surface area contributed by atoms with Gasteiger partial charge in [-0.15, -0.1) is 0 Å². The number of hydrogen-bond donors (Lipinski definition) is 2. The molecule has 0 radical (unpaired) electrons. The highest BCUT2D eigenvalue weighted by atomic mass is 32.2. The van der Waals surface area contributed by atoms with Crippen molar-refractivity contribution in [2.45, 2.75) is 57.8 Å². The summed E-state index contributed by atoms with van der Waals surface area (Å²) in [5, 5.41) is 2.19. The van der Waals surface area contributed by atoms with Crippen LogP contribution in [0.3, 0.4) is 0 Å². The molecule has 1 amide bonds. The van der Waals surface area contributed by atoms with Gasteiger partial charge >= 0.3 is 12.1 Å². The molecule has 8 heteroatoms. The maximum absolute atomic E-state index is 13.0. The van der Waals surface area contributed by atoms with E-state index in [1.807, 2.05) is 60.7 Å². The Hall–Kier alpha value is -2.84. The fourth-order valence-electron chi connectivity index (χ4n) is 3.02. The number of aryl methyl sites for hydroxylation is 1. The first-order valence-electron chi connectivity index (χ1n) is 11.3. The van der Waals surface area contributed by atoms with Gasteiger partial charge in [0.2, 0.25) is 5.12 Å². The number of esters is 1. The number of carbonyl (C=O) groups excluding carboxylic acids is 3. The minimum Gasteiger partial charge on any atom is -0.458 e. The highest BCUT2D eigenvalue weighted by molar-refractivity contribution is 8.13. The topological polar surface area (TPSA) is 108 Å². The summed E-state index contributed by atoms with van der Waals surface area (Å²) in [5.74, 6) is -0.266. The average Bonchev–Trinajstić information content (AvgIpc) is 2.80. The van der Waals surface area contributed by atoms with E-state index in [4.69, 9.17) is 15.2 Å². The predicted octanol–water partition coefficient (Wildman–Crippen LogP) is 4.23. The Morgan fingerprint density at radius 2 is 1.53 bits per heavy atom. The zero-order valence-corrected chi connectivity index (χ0v) is 20.9. The molecule has 1 atom stereocenters. The van der Waals surface area contributed by atoms with Gasteiger partial charge in [0, 0.05) is 12.3 Å². The standard InChI is InChI=1S/C26H34N2O5S/c1-25(2,3)33-22(29)26(27,23(30)34-18-15-20-11-6-4-7-12-20)16-10-17-28-24(31)32-19-21-13-8-5-9-14-21/h4-9,11-14H,10,15-19,27H2,1-3H3,(H,28,31)/t26-/m1/s1. The maximum Gasteiger partial charge on any atom is 0.407 e. The molecule has 0 saturated carbocycles. The van der Waals surface area contributed by atoms with Gasteiger partial charge in [-0.05, 0) is 51.2 Å². The van der Waals surface area contributed by atoms with E-state index < -0.39 is 28.3 Å². The van der Waals surface area contributed by atoms with E-state index in [1.54, 1.807) is 20.8 Å². The van der Waals surface area contributed by atoms with E-state index in [1.165, 1.54) is 0 Å². The number of hydrogen-bond acceptors (Lipinski definition) is 7. The molecule has 2 aromatic rings. The van der Waals surface area contributed by atoms with E-state index in [0.29, 0.717) is 18.6 Å². The predicted molar refractivity (Wildman–Crippen MR) is 134 cm³/mol. The smallest absolute Gasteiger partial charge is 0.407 e. The van der Waals surface area contributed by atoms with Gasteiger partial charge < -0.3 is 20.5 Å². The van der Waals surface area contributed by atoms with Crippen LogP contribution in [0.5, 0.6) is 0 Å². The molecule has 0 aliphatic rings. The van der Waals surface area contributed by atoms with Crippen LogP contribution in [0.1, 0.15) is 44.7 Å². The fourth-order valence-corrected chi connectivity index (χ4v) is 3.99. The number of thioether (sulfide) groups is 1. The van der Waals surface area contributed by atoms with Crippen molar-refractivity contribution >= 4 is 28.9 Å². The van der Waals surface area contributed by atoms with Gasteiger partial charge in [0.05, 0.1) is 0 Å². The first-order valence-corrected chi connectivity index (χ1v) is 12.3. The van der Waals surface area contributed by atoms with E-state index in [9.17, 15) is 14.4 Å². The number of ether oxygens (including phenoxy) is 2. The van der Waals surface area contributed by atoms with Gasteiger partial charge in [-0.25, -0.2) is 9.59 Å². The lowest BCUT2D eigenvalue weighted by Gasteiger charge is -2.30. The van der Waals surface area contributed by atoms with Crippen LogP contribution in [0, 0.1) is 0 Å². The number of alkyl carbamates (subject to hydrolysis) is 1. The summed E-state index contributed by atoms with van der Waals surface area (Å²) in [6.07, 6.45) is 0.447. The van der Waals surface area contributed by atoms with Crippen LogP contribution in [0.25, 0.3) is 0 Å². The minimum absolute atomic E-state index is 0.0397. The second-order valence-corrected chi connectivity index (χ2v) is 10.0. The summed E-state index contributed by atoms with van der Waals surface area (Å²) in [4.78, 5) is 37.8. The molecule has 0 aliphatic heterocycles. The molecule has 0 aromatic heterocycles. The third-order valence-electron chi connectivity index (χ3n) is 4.82. The van der Waals surface area contributed by atoms with Crippen molar-refractivity contribution in [1.29, 1.82) is 0 Å². The van der Waals surface area contributed by atoms with Crippen LogP contribution in [-0.4, -0.2) is 40.6 Å². The SMILES string of the molecule is CC(C)(C)OC(=O)[C@](N)(CCCNC(=O)OCc1ccccc1)C(=O)SCCc1ccccc1. The molecule has 0 unspecified atom stereocenters. The van der Waals surface area contributed by atoms with Crippen molar-refractivity contribution in [3.05, 3.63) is 71.8 Å². The summed E-state index contributed by atoms with van der Waals surface area (Å²) in [5.41, 5.74) is 5.73. The van der Waals surface area contributed by atoms with Crippen molar-refractivity contribution in [2.24, 2.45) is 5.73 Å². The third-order valence-corrected chi connectivity index (χ3v) is 5.86. The molecule has 0 spiro atoms. The molecule has 3 N–H and O–H groups in total. The highest BCUT2D eigenvalue weighted by Crippen LogP contribution is 2.24. The molecule has 0 aliphatic carbocycles. The van der Waals surface area contributed by atoms with Crippen LogP contribution in [0.2, 0.25) is 0 Å². The summed E-state index contributed by atoms with van der Waals surface area (Å²) in [6, 6.07) is 19.1. The Kier molecular flexibility index (Phi) is 10.6. The Bertz CT molecular complexity index is 931. The second kappa shape index (κ2) is 13.2. The molecule has 7 nitrogen and oxygen atoms in total. The molecule has 0 bridgehead atoms. The van der Waals surface area contributed by atoms with E-state index in [0.717, 1.165) is 22.9 Å². The molecule has 2 rings (SSSR count). The van der Waals surface area contributed by atoms with Crippen molar-refractivity contribution in [2.75, 3.05) is 12.3 Å². The summed E-state index contributed by atoms with van der Waals surface area (Å²) >= 11 is 1.03. The maximum atomic E-state index is 13.0. The summed E-state index contributed by atoms with van der Waals surface area (Å²) in [7, 11) is 0. The van der Waals surface area contributed by atoms with Gasteiger partial charge in [0.25, 0.3) is 0 Å². The number of nitrogens with two attached hydrogens (primary N) is 1. The van der Waals surface area contributed by atoms with Gasteiger partial charge in [0.15, 0.2) is 5.54 Å². The minimum atomic E-state index is -1.80. The lowest BCUT2D eigenvalue weighted by Crippen LogP contribution is -2.56. The number of carbonyl (C=O) groups is 3. The van der Waals surface area contributed by atoms with E-state index >= 15 is 0 Å². The zero-order valence-electron chi connectivity index (χ0n) is 20.0. The number of amides is 1. The van der Waals surface area contributed by atoms with Gasteiger partial charge in [0.1, 0.15) is 12.2 Å². The Morgan fingerprint density at radius 1 is 0.941 bits per heavy atom. The molecular formula is C26H34N2O5S. The van der Waals surface area contributed by atoms with Gasteiger partial charge in [-0.2, -0.15) is 0 Å². The van der Waals surface area contributed by atoms with Crippen LogP contribution < -0.4 is 11.1 Å². The average molecular weight is 487 g/mol. The van der Waals surface area contributed by atoms with Crippen molar-refractivity contribution in [1.82, 2.24) is 5.32 Å². The lowest BCUT2D eigenvalue weighted by molar-refractivity contribution is -0.163. The number of rotatable bonds is 11. The zero-order chi connectivity index (χ0) is 25.0. The Balaban J connectivity index is 1.87. The fraction of sp³-hybridized carbons (Fsp3) is 0.423. The third kappa shape index (κ3) is 9.57. The van der Waals surface area contributed by atoms with Gasteiger partial charge in [-0.1, -0.05) is 72.4 Å². The van der Waals surface area contributed by atoms with Crippen LogP contribution in [-0.2, 0) is 32.1 Å². The van der Waals surface area contributed by atoms with Gasteiger partial charge in [-0.3, -0.25) is 4.79 Å². The molecule has 0 saturated heterocycles. The van der Waals surface area contributed by atoms with Crippen molar-refractivity contribution in [3.8, 4) is 0 Å².